The second kappa shape index (κ2) is 7.49. The molecule has 1 heterocycles. The second-order valence-corrected chi connectivity index (χ2v) is 5.92. The van der Waals surface area contributed by atoms with Gasteiger partial charge in [0.05, 0.1) is 11.1 Å². The van der Waals surface area contributed by atoms with Crippen LogP contribution in [0, 0.1) is 6.92 Å². The first-order chi connectivity index (χ1) is 12.8. The molecule has 0 bridgehead atoms. The first kappa shape index (κ1) is 18.4. The molecule has 0 fully saturated rings. The third kappa shape index (κ3) is 4.63. The molecule has 7 heteroatoms. The van der Waals surface area contributed by atoms with Crippen LogP contribution in [0.1, 0.15) is 21.5 Å². The van der Waals surface area contributed by atoms with E-state index in [0.717, 1.165) is 23.4 Å². The van der Waals surface area contributed by atoms with Gasteiger partial charge in [0.1, 0.15) is 5.82 Å². The zero-order valence-electron chi connectivity index (χ0n) is 14.3. The molecule has 0 saturated heterocycles. The Bertz CT molecular complexity index is 953. The van der Waals surface area contributed by atoms with Gasteiger partial charge in [-0.15, -0.1) is 0 Å². The predicted octanol–water partition coefficient (Wildman–Crippen LogP) is 5.40. The summed E-state index contributed by atoms with van der Waals surface area (Å²) >= 11 is 0. The van der Waals surface area contributed by atoms with Crippen molar-refractivity contribution in [3.05, 3.63) is 83.6 Å². The highest BCUT2D eigenvalue weighted by atomic mass is 19.4. The Hall–Kier alpha value is -3.35. The van der Waals surface area contributed by atoms with E-state index in [2.05, 4.69) is 15.6 Å². The summed E-state index contributed by atoms with van der Waals surface area (Å²) in [5.74, 6) is -0.247. The number of nitrogens with one attached hydrogen (secondary N) is 2. The van der Waals surface area contributed by atoms with Crippen molar-refractivity contribution in [2.45, 2.75) is 13.1 Å². The second-order valence-electron chi connectivity index (χ2n) is 5.92. The van der Waals surface area contributed by atoms with Crippen molar-refractivity contribution in [3.63, 3.8) is 0 Å². The largest absolute Gasteiger partial charge is 0.416 e. The standard InChI is InChI=1S/C20H16F3N3O/c1-13-7-9-15(10-8-13)25-18-17(6-3-11-24-18)19(27)26-16-5-2-4-14(12-16)20(21,22)23/h2-12H,1H3,(H,24,25)(H,26,27). The molecule has 1 aromatic heterocycles. The molecule has 4 nitrogen and oxygen atoms in total. The number of pyridine rings is 1. The summed E-state index contributed by atoms with van der Waals surface area (Å²) in [6.45, 7) is 1.96. The lowest BCUT2D eigenvalue weighted by Crippen LogP contribution is -2.15. The van der Waals surface area contributed by atoms with Gasteiger partial charge in [-0.25, -0.2) is 4.98 Å². The highest BCUT2D eigenvalue weighted by molar-refractivity contribution is 6.07. The molecule has 138 valence electrons. The fourth-order valence-corrected chi connectivity index (χ4v) is 2.43. The summed E-state index contributed by atoms with van der Waals surface area (Å²) in [6.07, 6.45) is -2.95. The van der Waals surface area contributed by atoms with E-state index in [1.807, 2.05) is 31.2 Å². The van der Waals surface area contributed by atoms with Crippen LogP contribution in [0.2, 0.25) is 0 Å². The van der Waals surface area contributed by atoms with Gasteiger partial charge in [0.2, 0.25) is 0 Å². The molecule has 2 aromatic carbocycles. The van der Waals surface area contributed by atoms with E-state index >= 15 is 0 Å². The normalized spacial score (nSPS) is 11.1. The Balaban J connectivity index is 1.82. The molecule has 3 rings (SSSR count). The molecule has 0 unspecified atom stereocenters. The van der Waals surface area contributed by atoms with Gasteiger partial charge in [-0.2, -0.15) is 13.2 Å². The van der Waals surface area contributed by atoms with Gasteiger partial charge >= 0.3 is 6.18 Å². The summed E-state index contributed by atoms with van der Waals surface area (Å²) in [5.41, 5.74) is 1.27. The third-order valence-corrected chi connectivity index (χ3v) is 3.81. The Morgan fingerprint density at radius 3 is 2.41 bits per heavy atom. The predicted molar refractivity (Wildman–Crippen MR) is 98.1 cm³/mol. The average Bonchev–Trinajstić information content (AvgIpc) is 2.63. The van der Waals surface area contributed by atoms with E-state index in [9.17, 15) is 18.0 Å². The van der Waals surface area contributed by atoms with Gasteiger partial charge in [-0.05, 0) is 49.4 Å². The Labute approximate surface area is 154 Å². The molecular weight excluding hydrogens is 355 g/mol. The number of aryl methyl sites for hydroxylation is 1. The minimum Gasteiger partial charge on any atom is -0.340 e. The molecule has 0 atom stereocenters. The van der Waals surface area contributed by atoms with Gasteiger partial charge in [0.15, 0.2) is 0 Å². The molecular formula is C20H16F3N3O. The maximum Gasteiger partial charge on any atom is 0.416 e. The number of nitrogens with zero attached hydrogens (tertiary/aromatic N) is 1. The molecule has 0 spiro atoms. The molecule has 2 N–H and O–H groups in total. The van der Waals surface area contributed by atoms with E-state index < -0.39 is 17.6 Å². The van der Waals surface area contributed by atoms with Crippen molar-refractivity contribution in [2.75, 3.05) is 10.6 Å². The minimum atomic E-state index is -4.48. The summed E-state index contributed by atoms with van der Waals surface area (Å²) in [6, 6.07) is 15.1. The molecule has 0 aliphatic rings. The molecule has 3 aromatic rings. The van der Waals surface area contributed by atoms with Crippen LogP contribution in [-0.2, 0) is 6.18 Å². The van der Waals surface area contributed by atoms with Crippen LogP contribution in [0.4, 0.5) is 30.4 Å². The first-order valence-corrected chi connectivity index (χ1v) is 8.10. The quantitative estimate of drug-likeness (QED) is 0.645. The summed E-state index contributed by atoms with van der Waals surface area (Å²) in [4.78, 5) is 16.7. The minimum absolute atomic E-state index is 0.0555. The molecule has 1 amide bonds. The van der Waals surface area contributed by atoms with E-state index in [1.54, 1.807) is 12.1 Å². The number of carbonyl (C=O) groups is 1. The Kier molecular flexibility index (Phi) is 5.12. The Morgan fingerprint density at radius 1 is 0.963 bits per heavy atom. The first-order valence-electron chi connectivity index (χ1n) is 8.10. The van der Waals surface area contributed by atoms with Crippen molar-refractivity contribution >= 4 is 23.1 Å². The monoisotopic (exact) mass is 371 g/mol. The highest BCUT2D eigenvalue weighted by Crippen LogP contribution is 2.31. The molecule has 0 aliphatic heterocycles. The van der Waals surface area contributed by atoms with Crippen LogP contribution in [0.25, 0.3) is 0 Å². The molecule has 0 radical (unpaired) electrons. The number of benzene rings is 2. The van der Waals surface area contributed by atoms with Crippen LogP contribution in [0.5, 0.6) is 0 Å². The van der Waals surface area contributed by atoms with Crippen molar-refractivity contribution in [3.8, 4) is 0 Å². The fraction of sp³-hybridized carbons (Fsp3) is 0.100. The van der Waals surface area contributed by atoms with Crippen molar-refractivity contribution in [2.24, 2.45) is 0 Å². The molecule has 0 saturated carbocycles. The number of halogens is 3. The van der Waals surface area contributed by atoms with E-state index in [4.69, 9.17) is 0 Å². The number of hydrogen-bond donors (Lipinski definition) is 2. The van der Waals surface area contributed by atoms with Crippen molar-refractivity contribution < 1.29 is 18.0 Å². The smallest absolute Gasteiger partial charge is 0.340 e. The van der Waals surface area contributed by atoms with Gasteiger partial charge in [-0.1, -0.05) is 23.8 Å². The lowest BCUT2D eigenvalue weighted by atomic mass is 10.1. The maximum atomic E-state index is 12.8. The van der Waals surface area contributed by atoms with E-state index in [1.165, 1.54) is 18.3 Å². The van der Waals surface area contributed by atoms with E-state index in [-0.39, 0.29) is 11.3 Å². The van der Waals surface area contributed by atoms with Crippen LogP contribution in [-0.4, -0.2) is 10.9 Å². The molecule has 0 aliphatic carbocycles. The number of carbonyl (C=O) groups excluding carboxylic acids is 1. The summed E-state index contributed by atoms with van der Waals surface area (Å²) in [5, 5.41) is 5.54. The van der Waals surface area contributed by atoms with Crippen LogP contribution in [0.3, 0.4) is 0 Å². The summed E-state index contributed by atoms with van der Waals surface area (Å²) in [7, 11) is 0. The zero-order valence-corrected chi connectivity index (χ0v) is 14.3. The lowest BCUT2D eigenvalue weighted by molar-refractivity contribution is -0.137. The zero-order chi connectivity index (χ0) is 19.4. The molecule has 27 heavy (non-hydrogen) atoms. The van der Waals surface area contributed by atoms with Gasteiger partial charge in [0, 0.05) is 17.6 Å². The van der Waals surface area contributed by atoms with Crippen LogP contribution in [0.15, 0.2) is 66.9 Å². The summed E-state index contributed by atoms with van der Waals surface area (Å²) < 4.78 is 38.5. The number of rotatable bonds is 4. The van der Waals surface area contributed by atoms with Gasteiger partial charge in [-0.3, -0.25) is 4.79 Å². The lowest BCUT2D eigenvalue weighted by Gasteiger charge is -2.13. The maximum absolute atomic E-state index is 12.8. The topological polar surface area (TPSA) is 54.0 Å². The highest BCUT2D eigenvalue weighted by Gasteiger charge is 2.30. The van der Waals surface area contributed by atoms with Crippen molar-refractivity contribution in [1.29, 1.82) is 0 Å². The number of amides is 1. The van der Waals surface area contributed by atoms with Gasteiger partial charge < -0.3 is 10.6 Å². The number of anilines is 3. The number of hydrogen-bond acceptors (Lipinski definition) is 3. The Morgan fingerprint density at radius 2 is 1.70 bits per heavy atom. The third-order valence-electron chi connectivity index (χ3n) is 3.81. The fourth-order valence-electron chi connectivity index (χ4n) is 2.43. The van der Waals surface area contributed by atoms with Crippen molar-refractivity contribution in [1.82, 2.24) is 4.98 Å². The van der Waals surface area contributed by atoms with Crippen LogP contribution >= 0.6 is 0 Å². The SMILES string of the molecule is Cc1ccc(Nc2ncccc2C(=O)Nc2cccc(C(F)(F)F)c2)cc1. The van der Waals surface area contributed by atoms with E-state index in [0.29, 0.717) is 5.82 Å². The van der Waals surface area contributed by atoms with Crippen LogP contribution < -0.4 is 10.6 Å². The number of alkyl halides is 3. The average molecular weight is 371 g/mol. The van der Waals surface area contributed by atoms with Gasteiger partial charge in [0.25, 0.3) is 5.91 Å². The number of aromatic nitrogens is 1.